The molecule has 1 saturated heterocycles. The molecule has 2 aliphatic rings. The third-order valence-electron chi connectivity index (χ3n) is 5.22. The molecule has 1 atom stereocenters. The first-order valence-corrected chi connectivity index (χ1v) is 7.92. The molecule has 1 saturated carbocycles. The van der Waals surface area contributed by atoms with Crippen molar-refractivity contribution in [3.05, 3.63) is 0 Å². The monoisotopic (exact) mass is 254 g/mol. The Hall–Kier alpha value is -0.0800. The predicted molar refractivity (Wildman–Crippen MR) is 74.5 cm³/mol. The maximum Gasteiger partial charge on any atom is 0.0571 e. The van der Waals surface area contributed by atoms with Crippen LogP contribution in [0, 0.1) is 23.7 Å². The van der Waals surface area contributed by atoms with E-state index in [1.54, 1.807) is 0 Å². The van der Waals surface area contributed by atoms with Crippen LogP contribution in [0.25, 0.3) is 0 Å². The van der Waals surface area contributed by atoms with Crippen LogP contribution in [-0.2, 0) is 4.74 Å². The van der Waals surface area contributed by atoms with Gasteiger partial charge in [-0.2, -0.15) is 0 Å². The van der Waals surface area contributed by atoms with Gasteiger partial charge in [0.2, 0.25) is 0 Å². The molecular formula is C16H30O2. The summed E-state index contributed by atoms with van der Waals surface area (Å²) in [4.78, 5) is 0. The van der Waals surface area contributed by atoms with Gasteiger partial charge in [0, 0.05) is 13.2 Å². The Morgan fingerprint density at radius 2 is 1.50 bits per heavy atom. The van der Waals surface area contributed by atoms with E-state index in [2.05, 4.69) is 13.8 Å². The zero-order valence-electron chi connectivity index (χ0n) is 12.1. The van der Waals surface area contributed by atoms with Gasteiger partial charge >= 0.3 is 0 Å². The largest absolute Gasteiger partial charge is 0.393 e. The highest BCUT2D eigenvalue weighted by Gasteiger charge is 2.29. The topological polar surface area (TPSA) is 29.5 Å². The first kappa shape index (κ1) is 14.3. The van der Waals surface area contributed by atoms with Crippen LogP contribution in [0.4, 0.5) is 0 Å². The minimum Gasteiger partial charge on any atom is -0.393 e. The van der Waals surface area contributed by atoms with Crippen molar-refractivity contribution in [3.63, 3.8) is 0 Å². The highest BCUT2D eigenvalue weighted by atomic mass is 16.5. The van der Waals surface area contributed by atoms with Crippen LogP contribution >= 0.6 is 0 Å². The standard InChI is InChI=1S/C16H30O2/c1-12(2)14-3-5-15(6-4-14)16(17)11-13-7-9-18-10-8-13/h12-17H,3-11H2,1-2H3. The molecule has 1 unspecified atom stereocenters. The molecule has 2 heteroatoms. The summed E-state index contributed by atoms with van der Waals surface area (Å²) < 4.78 is 5.39. The van der Waals surface area contributed by atoms with E-state index in [1.807, 2.05) is 0 Å². The predicted octanol–water partition coefficient (Wildman–Crippen LogP) is 3.63. The highest BCUT2D eigenvalue weighted by molar-refractivity contribution is 4.80. The van der Waals surface area contributed by atoms with Crippen LogP contribution < -0.4 is 0 Å². The molecule has 0 aromatic carbocycles. The Morgan fingerprint density at radius 3 is 2.06 bits per heavy atom. The van der Waals surface area contributed by atoms with Crippen LogP contribution in [0.1, 0.15) is 58.8 Å². The quantitative estimate of drug-likeness (QED) is 0.830. The van der Waals surface area contributed by atoms with E-state index >= 15 is 0 Å². The van der Waals surface area contributed by atoms with E-state index in [-0.39, 0.29) is 6.10 Å². The van der Waals surface area contributed by atoms with Crippen molar-refractivity contribution in [2.24, 2.45) is 23.7 Å². The van der Waals surface area contributed by atoms with Crippen LogP contribution in [0.5, 0.6) is 0 Å². The van der Waals surface area contributed by atoms with Crippen LogP contribution in [0.2, 0.25) is 0 Å². The lowest BCUT2D eigenvalue weighted by Crippen LogP contribution is -2.30. The second kappa shape index (κ2) is 6.91. The van der Waals surface area contributed by atoms with E-state index in [4.69, 9.17) is 4.74 Å². The molecule has 0 aromatic heterocycles. The van der Waals surface area contributed by atoms with Crippen molar-refractivity contribution in [2.45, 2.75) is 64.9 Å². The summed E-state index contributed by atoms with van der Waals surface area (Å²) in [6, 6.07) is 0. The molecule has 0 spiro atoms. The summed E-state index contributed by atoms with van der Waals surface area (Å²) in [5.41, 5.74) is 0. The molecule has 1 N–H and O–H groups in total. The Morgan fingerprint density at radius 1 is 0.944 bits per heavy atom. The Bertz CT molecular complexity index is 225. The average Bonchev–Trinajstić information content (AvgIpc) is 2.40. The molecule has 0 bridgehead atoms. The fraction of sp³-hybridized carbons (Fsp3) is 1.00. The molecule has 0 radical (unpaired) electrons. The highest BCUT2D eigenvalue weighted by Crippen LogP contribution is 2.36. The number of rotatable bonds is 4. The lowest BCUT2D eigenvalue weighted by atomic mass is 9.73. The summed E-state index contributed by atoms with van der Waals surface area (Å²) in [5, 5.41) is 10.4. The molecule has 0 amide bonds. The first-order chi connectivity index (χ1) is 8.66. The van der Waals surface area contributed by atoms with Crippen molar-refractivity contribution < 1.29 is 9.84 Å². The SMILES string of the molecule is CC(C)C1CCC(C(O)CC2CCOCC2)CC1. The number of hydrogen-bond donors (Lipinski definition) is 1. The Balaban J connectivity index is 1.71. The van der Waals surface area contributed by atoms with Gasteiger partial charge in [0.15, 0.2) is 0 Å². The van der Waals surface area contributed by atoms with Gasteiger partial charge < -0.3 is 9.84 Å². The molecule has 1 heterocycles. The minimum absolute atomic E-state index is 0.0544. The van der Waals surface area contributed by atoms with E-state index in [0.29, 0.717) is 11.8 Å². The second-order valence-corrected chi connectivity index (χ2v) is 6.78. The average molecular weight is 254 g/mol. The number of aliphatic hydroxyl groups excluding tert-OH is 1. The van der Waals surface area contributed by atoms with Gasteiger partial charge in [0.25, 0.3) is 0 Å². The van der Waals surface area contributed by atoms with Gasteiger partial charge in [0.1, 0.15) is 0 Å². The van der Waals surface area contributed by atoms with E-state index < -0.39 is 0 Å². The van der Waals surface area contributed by atoms with Crippen molar-refractivity contribution in [2.75, 3.05) is 13.2 Å². The molecule has 0 aromatic rings. The zero-order chi connectivity index (χ0) is 13.0. The zero-order valence-corrected chi connectivity index (χ0v) is 12.1. The summed E-state index contributed by atoms with van der Waals surface area (Å²) in [6.45, 7) is 6.47. The van der Waals surface area contributed by atoms with Crippen molar-refractivity contribution >= 4 is 0 Å². The summed E-state index contributed by atoms with van der Waals surface area (Å²) in [5.74, 6) is 2.99. The maximum absolute atomic E-state index is 10.4. The third-order valence-corrected chi connectivity index (χ3v) is 5.22. The first-order valence-electron chi connectivity index (χ1n) is 7.92. The van der Waals surface area contributed by atoms with Crippen LogP contribution in [0.15, 0.2) is 0 Å². The summed E-state index contributed by atoms with van der Waals surface area (Å²) >= 11 is 0. The molecule has 2 fully saturated rings. The lowest BCUT2D eigenvalue weighted by molar-refractivity contribution is 0.0146. The summed E-state index contributed by atoms with van der Waals surface area (Å²) in [7, 11) is 0. The molecule has 1 aliphatic carbocycles. The Labute approximate surface area is 112 Å². The molecule has 1 aliphatic heterocycles. The van der Waals surface area contributed by atoms with Crippen molar-refractivity contribution in [1.29, 1.82) is 0 Å². The molecule has 2 nitrogen and oxygen atoms in total. The molecule has 2 rings (SSSR count). The maximum atomic E-state index is 10.4. The van der Waals surface area contributed by atoms with Crippen LogP contribution in [-0.4, -0.2) is 24.4 Å². The molecular weight excluding hydrogens is 224 g/mol. The van der Waals surface area contributed by atoms with E-state index in [1.165, 1.54) is 25.7 Å². The Kier molecular flexibility index (Phi) is 5.50. The number of hydrogen-bond acceptors (Lipinski definition) is 2. The fourth-order valence-electron chi connectivity index (χ4n) is 3.71. The molecule has 18 heavy (non-hydrogen) atoms. The number of ether oxygens (including phenoxy) is 1. The fourth-order valence-corrected chi connectivity index (χ4v) is 3.71. The van der Waals surface area contributed by atoms with Gasteiger partial charge in [0.05, 0.1) is 6.10 Å². The van der Waals surface area contributed by atoms with Gasteiger partial charge in [-0.25, -0.2) is 0 Å². The molecule has 106 valence electrons. The van der Waals surface area contributed by atoms with E-state index in [0.717, 1.165) is 44.3 Å². The van der Waals surface area contributed by atoms with Crippen molar-refractivity contribution in [1.82, 2.24) is 0 Å². The lowest BCUT2D eigenvalue weighted by Gasteiger charge is -2.35. The van der Waals surface area contributed by atoms with Crippen LogP contribution in [0.3, 0.4) is 0 Å². The van der Waals surface area contributed by atoms with Crippen molar-refractivity contribution in [3.8, 4) is 0 Å². The van der Waals surface area contributed by atoms with Gasteiger partial charge in [-0.05, 0) is 68.6 Å². The summed E-state index contributed by atoms with van der Waals surface area (Å²) in [6.07, 6.45) is 8.40. The number of aliphatic hydroxyl groups is 1. The van der Waals surface area contributed by atoms with Gasteiger partial charge in [-0.15, -0.1) is 0 Å². The van der Waals surface area contributed by atoms with E-state index in [9.17, 15) is 5.11 Å². The minimum atomic E-state index is -0.0544. The second-order valence-electron chi connectivity index (χ2n) is 6.78. The third kappa shape index (κ3) is 3.96. The van der Waals surface area contributed by atoms with Gasteiger partial charge in [-0.3, -0.25) is 0 Å². The van der Waals surface area contributed by atoms with Gasteiger partial charge in [-0.1, -0.05) is 13.8 Å². The normalized spacial score (nSPS) is 32.7. The smallest absolute Gasteiger partial charge is 0.0571 e.